The van der Waals surface area contributed by atoms with E-state index in [0.29, 0.717) is 12.1 Å². The lowest BCUT2D eigenvalue weighted by Gasteiger charge is -2.40. The van der Waals surface area contributed by atoms with E-state index in [4.69, 9.17) is 0 Å². The Morgan fingerprint density at radius 1 is 1.11 bits per heavy atom. The molecule has 1 amide bonds. The Hall–Kier alpha value is -3.88. The Bertz CT molecular complexity index is 1430. The molecule has 2 aromatic carbocycles. The van der Waals surface area contributed by atoms with Gasteiger partial charge in [-0.1, -0.05) is 18.2 Å². The van der Waals surface area contributed by atoms with Gasteiger partial charge in [0.25, 0.3) is 0 Å². The summed E-state index contributed by atoms with van der Waals surface area (Å²) in [5.41, 5.74) is -0.781. The molecule has 1 aliphatic rings. The predicted octanol–water partition coefficient (Wildman–Crippen LogP) is 4.39. The molecule has 36 heavy (non-hydrogen) atoms. The maximum atomic E-state index is 15.8. The number of allylic oxidation sites excluding steroid dienone is 1. The highest BCUT2D eigenvalue weighted by Gasteiger charge is 2.30. The van der Waals surface area contributed by atoms with Crippen LogP contribution in [0.25, 0.3) is 17.0 Å². The number of halogens is 3. The van der Waals surface area contributed by atoms with Crippen molar-refractivity contribution >= 4 is 34.4 Å². The molecule has 0 radical (unpaired) electrons. The Morgan fingerprint density at radius 2 is 1.81 bits per heavy atom. The molecule has 1 aromatic heterocycles. The van der Waals surface area contributed by atoms with E-state index in [1.807, 2.05) is 6.92 Å². The van der Waals surface area contributed by atoms with Crippen LogP contribution >= 0.6 is 0 Å². The molecule has 3 aromatic rings. The number of aromatic nitrogens is 1. The van der Waals surface area contributed by atoms with Crippen molar-refractivity contribution in [2.24, 2.45) is 0 Å². The minimum atomic E-state index is -0.908. The van der Waals surface area contributed by atoms with Crippen molar-refractivity contribution in [3.63, 3.8) is 0 Å². The minimum Gasteiger partial charge on any atom is -0.363 e. The number of piperazine rings is 1. The topological polar surface area (TPSA) is 62.6 Å². The van der Waals surface area contributed by atoms with Gasteiger partial charge in [-0.2, -0.15) is 0 Å². The molecule has 2 heterocycles. The fraction of sp³-hybridized carbons (Fsp3) is 0.296. The molecule has 1 atom stereocenters. The molecule has 1 unspecified atom stereocenters. The van der Waals surface area contributed by atoms with Gasteiger partial charge in [-0.05, 0) is 43.7 Å². The molecule has 0 bridgehead atoms. The lowest BCUT2D eigenvalue weighted by atomic mass is 10.0. The second-order valence-corrected chi connectivity index (χ2v) is 8.83. The molecule has 1 saturated heterocycles. The van der Waals surface area contributed by atoms with Crippen LogP contribution in [-0.4, -0.2) is 46.8 Å². The van der Waals surface area contributed by atoms with Gasteiger partial charge >= 0.3 is 0 Å². The normalized spacial score (nSPS) is 16.2. The fourth-order valence-corrected chi connectivity index (χ4v) is 4.66. The number of hydrogen-bond donors (Lipinski definition) is 0. The molecule has 0 spiro atoms. The van der Waals surface area contributed by atoms with Crippen LogP contribution in [0.15, 0.2) is 47.4 Å². The third kappa shape index (κ3) is 4.65. The van der Waals surface area contributed by atoms with Gasteiger partial charge in [0.05, 0.1) is 16.5 Å². The van der Waals surface area contributed by atoms with Crippen LogP contribution in [0.1, 0.15) is 36.7 Å². The van der Waals surface area contributed by atoms with Crippen molar-refractivity contribution in [1.29, 1.82) is 0 Å². The summed E-state index contributed by atoms with van der Waals surface area (Å²) in [6.45, 7) is 6.02. The maximum Gasteiger partial charge on any atom is 0.219 e. The number of benzene rings is 2. The molecule has 6 nitrogen and oxygen atoms in total. The van der Waals surface area contributed by atoms with Gasteiger partial charge < -0.3 is 14.4 Å². The van der Waals surface area contributed by atoms with Crippen LogP contribution in [0.4, 0.5) is 18.9 Å². The minimum absolute atomic E-state index is 0.0837. The Labute approximate surface area is 206 Å². The largest absolute Gasteiger partial charge is 0.363 e. The third-order valence-corrected chi connectivity index (χ3v) is 6.48. The van der Waals surface area contributed by atoms with Crippen molar-refractivity contribution in [3.05, 3.63) is 81.4 Å². The van der Waals surface area contributed by atoms with Crippen molar-refractivity contribution < 1.29 is 22.8 Å². The number of ketones is 1. The van der Waals surface area contributed by atoms with Crippen LogP contribution in [0.5, 0.6) is 0 Å². The van der Waals surface area contributed by atoms with Gasteiger partial charge in [0.2, 0.25) is 11.3 Å². The molecule has 9 heteroatoms. The van der Waals surface area contributed by atoms with E-state index < -0.39 is 28.7 Å². The predicted molar refractivity (Wildman–Crippen MR) is 133 cm³/mol. The van der Waals surface area contributed by atoms with Gasteiger partial charge in [-0.3, -0.25) is 14.4 Å². The number of rotatable bonds is 5. The molecule has 1 fully saturated rings. The lowest BCUT2D eigenvalue weighted by molar-refractivity contribution is -0.131. The van der Waals surface area contributed by atoms with Gasteiger partial charge in [0, 0.05) is 45.3 Å². The molecule has 0 N–H and O–H groups in total. The van der Waals surface area contributed by atoms with Crippen molar-refractivity contribution in [2.75, 3.05) is 24.5 Å². The molecule has 0 aliphatic carbocycles. The van der Waals surface area contributed by atoms with E-state index in [0.717, 1.165) is 6.07 Å². The summed E-state index contributed by atoms with van der Waals surface area (Å²) in [6.07, 6.45) is 3.89. The van der Waals surface area contributed by atoms with Crippen LogP contribution in [0, 0.1) is 17.5 Å². The molecule has 4 rings (SSSR count). The van der Waals surface area contributed by atoms with Crippen LogP contribution < -0.4 is 10.3 Å². The van der Waals surface area contributed by atoms with E-state index in [-0.39, 0.29) is 53.7 Å². The number of anilines is 1. The lowest BCUT2D eigenvalue weighted by Crippen LogP contribution is -2.54. The first-order valence-corrected chi connectivity index (χ1v) is 11.7. The highest BCUT2D eigenvalue weighted by atomic mass is 19.1. The van der Waals surface area contributed by atoms with E-state index in [2.05, 4.69) is 0 Å². The van der Waals surface area contributed by atoms with Crippen LogP contribution in [0.2, 0.25) is 0 Å². The monoisotopic (exact) mass is 497 g/mol. The maximum absolute atomic E-state index is 15.8. The van der Waals surface area contributed by atoms with Crippen molar-refractivity contribution in [2.45, 2.75) is 33.4 Å². The highest BCUT2D eigenvalue weighted by molar-refractivity contribution is 6.08. The number of amides is 1. The molecule has 1 aliphatic heterocycles. The second-order valence-electron chi connectivity index (χ2n) is 8.83. The Kier molecular flexibility index (Phi) is 7.01. The molecule has 0 saturated carbocycles. The smallest absolute Gasteiger partial charge is 0.219 e. The second kappa shape index (κ2) is 10.0. The molecular weight excluding hydrogens is 471 g/mol. The number of pyridine rings is 1. The van der Waals surface area contributed by atoms with Crippen LogP contribution in [0.3, 0.4) is 0 Å². The van der Waals surface area contributed by atoms with E-state index in [9.17, 15) is 18.8 Å². The summed E-state index contributed by atoms with van der Waals surface area (Å²) in [6, 6.07) is 6.18. The van der Waals surface area contributed by atoms with Gasteiger partial charge in [-0.15, -0.1) is 0 Å². The van der Waals surface area contributed by atoms with E-state index >= 15 is 8.78 Å². The first-order valence-electron chi connectivity index (χ1n) is 11.7. The average molecular weight is 498 g/mol. The quantitative estimate of drug-likeness (QED) is 0.388. The van der Waals surface area contributed by atoms with Crippen LogP contribution in [-0.2, 0) is 11.3 Å². The summed E-state index contributed by atoms with van der Waals surface area (Å²) in [4.78, 5) is 40.9. The summed E-state index contributed by atoms with van der Waals surface area (Å²) in [5, 5.41) is -0.230. The third-order valence-electron chi connectivity index (χ3n) is 6.48. The summed E-state index contributed by atoms with van der Waals surface area (Å²) in [5.74, 6) is -2.94. The van der Waals surface area contributed by atoms with E-state index in [1.54, 1.807) is 16.7 Å². The summed E-state index contributed by atoms with van der Waals surface area (Å²) in [7, 11) is 0. The zero-order chi connectivity index (χ0) is 26.1. The zero-order valence-corrected chi connectivity index (χ0v) is 20.2. The number of carbonyl (C=O) groups excluding carboxylic acids is 2. The number of nitrogens with zero attached hydrogens (tertiary/aromatic N) is 3. The number of hydrogen-bond acceptors (Lipinski definition) is 4. The highest BCUT2D eigenvalue weighted by Crippen LogP contribution is 2.31. The van der Waals surface area contributed by atoms with Gasteiger partial charge in [-0.25, -0.2) is 13.2 Å². The standard InChI is InChI=1S/C27H26F3N3O3/c1-4-31-15-21(23(35)10-7-18-5-8-19(28)9-6-18)27(36)20-13-22(29)26(24(30)25(20)31)32-11-12-33(17(3)34)16(2)14-32/h5-10,13,15-16H,4,11-12,14H2,1-3H3. The first-order chi connectivity index (χ1) is 17.1. The number of aryl methyl sites for hydroxylation is 1. The summed E-state index contributed by atoms with van der Waals surface area (Å²) < 4.78 is 45.6. The Morgan fingerprint density at radius 3 is 2.42 bits per heavy atom. The van der Waals surface area contributed by atoms with Gasteiger partial charge in [0.1, 0.15) is 17.3 Å². The van der Waals surface area contributed by atoms with Crippen molar-refractivity contribution in [1.82, 2.24) is 9.47 Å². The summed E-state index contributed by atoms with van der Waals surface area (Å²) >= 11 is 0. The SMILES string of the molecule is CCn1cc(C(=O)C=Cc2ccc(F)cc2)c(=O)c2cc(F)c(N3CCN(C(C)=O)C(C)C3)c(F)c21. The van der Waals surface area contributed by atoms with Gasteiger partial charge in [0.15, 0.2) is 11.6 Å². The fourth-order valence-electron chi connectivity index (χ4n) is 4.66. The van der Waals surface area contributed by atoms with E-state index in [1.165, 1.54) is 54.1 Å². The average Bonchev–Trinajstić information content (AvgIpc) is 2.84. The number of carbonyl (C=O) groups is 2. The number of fused-ring (bicyclic) bond motifs is 1. The van der Waals surface area contributed by atoms with Crippen molar-refractivity contribution in [3.8, 4) is 0 Å². The molecule has 188 valence electrons. The molecular formula is C27H26F3N3O3. The first kappa shape index (κ1) is 25.2. The zero-order valence-electron chi connectivity index (χ0n) is 20.2. The Balaban J connectivity index is 1.76.